The maximum Gasteiger partial charge on any atom is 0.292 e. The average molecular weight is 291 g/mol. The molecule has 1 aromatic carbocycles. The van der Waals surface area contributed by atoms with Crippen molar-refractivity contribution in [3.63, 3.8) is 0 Å². The first-order valence-corrected chi connectivity index (χ1v) is 6.88. The van der Waals surface area contributed by atoms with E-state index in [9.17, 15) is 9.59 Å². The van der Waals surface area contributed by atoms with Crippen LogP contribution in [0.3, 0.4) is 0 Å². The van der Waals surface area contributed by atoms with Crippen LogP contribution in [-0.2, 0) is 4.79 Å². The molecular weight excluding hydrogens is 274 g/mol. The molecule has 7 nitrogen and oxygen atoms in total. The van der Waals surface area contributed by atoms with Crippen LogP contribution < -0.4 is 25.6 Å². The Morgan fingerprint density at radius 1 is 1.24 bits per heavy atom. The molecule has 0 saturated carbocycles. The van der Waals surface area contributed by atoms with E-state index in [0.717, 1.165) is 0 Å². The third kappa shape index (κ3) is 2.84. The zero-order chi connectivity index (χ0) is 14.8. The van der Waals surface area contributed by atoms with Crippen LogP contribution in [0.2, 0.25) is 0 Å². The molecule has 2 aliphatic heterocycles. The van der Waals surface area contributed by atoms with Crippen LogP contribution in [-0.4, -0.2) is 43.5 Å². The van der Waals surface area contributed by atoms with Crippen molar-refractivity contribution in [2.75, 3.05) is 19.8 Å². The Hall–Kier alpha value is -2.12. The van der Waals surface area contributed by atoms with Crippen molar-refractivity contribution in [3.8, 4) is 11.5 Å². The molecule has 0 spiro atoms. The number of hydrazine groups is 1. The summed E-state index contributed by atoms with van der Waals surface area (Å²) in [4.78, 5) is 24.2. The Morgan fingerprint density at radius 2 is 2.00 bits per heavy atom. The molecule has 2 aliphatic rings. The van der Waals surface area contributed by atoms with Crippen LogP contribution in [0.1, 0.15) is 17.3 Å². The summed E-state index contributed by atoms with van der Waals surface area (Å²) in [5, 5.41) is 2.72. The fraction of sp³-hybridized carbons (Fsp3) is 0.429. The third-order valence-corrected chi connectivity index (χ3v) is 3.58. The first-order chi connectivity index (χ1) is 10.1. The zero-order valence-electron chi connectivity index (χ0n) is 11.6. The lowest BCUT2D eigenvalue weighted by Crippen LogP contribution is -2.45. The summed E-state index contributed by atoms with van der Waals surface area (Å²) in [5.41, 5.74) is 6.21. The molecule has 2 unspecified atom stereocenters. The van der Waals surface area contributed by atoms with E-state index in [0.29, 0.717) is 36.8 Å². The number of ketones is 1. The van der Waals surface area contributed by atoms with E-state index < -0.39 is 11.7 Å². The minimum absolute atomic E-state index is 0.0713. The van der Waals surface area contributed by atoms with Gasteiger partial charge in [-0.3, -0.25) is 20.4 Å². The van der Waals surface area contributed by atoms with Gasteiger partial charge in [0, 0.05) is 18.2 Å². The van der Waals surface area contributed by atoms with E-state index in [1.807, 2.05) is 6.92 Å². The molecule has 1 amide bonds. The van der Waals surface area contributed by atoms with Gasteiger partial charge in [0.1, 0.15) is 13.2 Å². The molecule has 3 N–H and O–H groups in total. The summed E-state index contributed by atoms with van der Waals surface area (Å²) in [5.74, 6) is -0.103. The third-order valence-electron chi connectivity index (χ3n) is 3.58. The standard InChI is InChI=1S/C14H17N3O4/c1-8-10(7-15-17-8)16-14(19)13(18)9-2-3-11-12(6-9)21-5-4-20-11/h2-3,6,8,10,15,17H,4-5,7H2,1H3,(H,16,19). The van der Waals surface area contributed by atoms with Crippen molar-refractivity contribution in [2.45, 2.75) is 19.0 Å². The predicted molar refractivity (Wildman–Crippen MR) is 74.3 cm³/mol. The second-order valence-electron chi connectivity index (χ2n) is 5.08. The molecule has 3 rings (SSSR count). The van der Waals surface area contributed by atoms with E-state index in [2.05, 4.69) is 16.2 Å². The van der Waals surface area contributed by atoms with Gasteiger partial charge in [-0.05, 0) is 25.1 Å². The fourth-order valence-electron chi connectivity index (χ4n) is 2.33. The number of nitrogens with one attached hydrogen (secondary N) is 3. The second-order valence-corrected chi connectivity index (χ2v) is 5.08. The smallest absolute Gasteiger partial charge is 0.292 e. The van der Waals surface area contributed by atoms with Gasteiger partial charge in [-0.2, -0.15) is 0 Å². The van der Waals surface area contributed by atoms with Crippen molar-refractivity contribution in [2.24, 2.45) is 0 Å². The van der Waals surface area contributed by atoms with Gasteiger partial charge in [-0.1, -0.05) is 0 Å². The van der Waals surface area contributed by atoms with Crippen LogP contribution in [0.25, 0.3) is 0 Å². The minimum atomic E-state index is -0.617. The number of hydrogen-bond donors (Lipinski definition) is 3. The summed E-state index contributed by atoms with van der Waals surface area (Å²) >= 11 is 0. The molecule has 112 valence electrons. The molecule has 1 aromatic rings. The highest BCUT2D eigenvalue weighted by Crippen LogP contribution is 2.30. The number of benzene rings is 1. The second kappa shape index (κ2) is 5.71. The van der Waals surface area contributed by atoms with Crippen molar-refractivity contribution in [3.05, 3.63) is 23.8 Å². The van der Waals surface area contributed by atoms with E-state index in [-0.39, 0.29) is 12.1 Å². The number of rotatable bonds is 3. The normalized spacial score (nSPS) is 23.7. The molecular formula is C14H17N3O4. The molecule has 2 atom stereocenters. The number of amides is 1. The first kappa shape index (κ1) is 13.8. The summed E-state index contributed by atoms with van der Waals surface area (Å²) in [6.45, 7) is 3.44. The lowest BCUT2D eigenvalue weighted by Gasteiger charge is -2.19. The van der Waals surface area contributed by atoms with Crippen molar-refractivity contribution < 1.29 is 19.1 Å². The zero-order valence-corrected chi connectivity index (χ0v) is 11.6. The van der Waals surface area contributed by atoms with Crippen LogP contribution >= 0.6 is 0 Å². The number of carbonyl (C=O) groups is 2. The maximum atomic E-state index is 12.2. The van der Waals surface area contributed by atoms with Gasteiger partial charge in [-0.15, -0.1) is 0 Å². The van der Waals surface area contributed by atoms with E-state index >= 15 is 0 Å². The number of fused-ring (bicyclic) bond motifs is 1. The van der Waals surface area contributed by atoms with Crippen molar-refractivity contribution in [1.29, 1.82) is 0 Å². The van der Waals surface area contributed by atoms with Crippen LogP contribution in [0.5, 0.6) is 11.5 Å². The highest BCUT2D eigenvalue weighted by molar-refractivity contribution is 6.43. The van der Waals surface area contributed by atoms with Gasteiger partial charge in [0.05, 0.1) is 6.04 Å². The summed E-state index contributed by atoms with van der Waals surface area (Å²) in [6.07, 6.45) is 0. The molecule has 0 aromatic heterocycles. The minimum Gasteiger partial charge on any atom is -0.486 e. The van der Waals surface area contributed by atoms with Gasteiger partial charge in [-0.25, -0.2) is 0 Å². The quantitative estimate of drug-likeness (QED) is 0.520. The summed E-state index contributed by atoms with van der Waals surface area (Å²) in [7, 11) is 0. The predicted octanol–water partition coefficient (Wildman–Crippen LogP) is -0.378. The number of carbonyl (C=O) groups excluding carboxylic acids is 2. The van der Waals surface area contributed by atoms with Crippen LogP contribution in [0.15, 0.2) is 18.2 Å². The van der Waals surface area contributed by atoms with Gasteiger partial charge in [0.25, 0.3) is 5.91 Å². The Morgan fingerprint density at radius 3 is 2.71 bits per heavy atom. The summed E-state index contributed by atoms with van der Waals surface area (Å²) in [6, 6.07) is 4.73. The van der Waals surface area contributed by atoms with E-state index in [1.165, 1.54) is 0 Å². The van der Waals surface area contributed by atoms with Crippen molar-refractivity contribution in [1.82, 2.24) is 16.2 Å². The lowest BCUT2D eigenvalue weighted by atomic mass is 10.1. The highest BCUT2D eigenvalue weighted by atomic mass is 16.6. The van der Waals surface area contributed by atoms with Gasteiger partial charge < -0.3 is 14.8 Å². The van der Waals surface area contributed by atoms with E-state index in [4.69, 9.17) is 9.47 Å². The molecule has 21 heavy (non-hydrogen) atoms. The molecule has 1 fully saturated rings. The van der Waals surface area contributed by atoms with Gasteiger partial charge >= 0.3 is 0 Å². The number of hydrogen-bond acceptors (Lipinski definition) is 6. The summed E-state index contributed by atoms with van der Waals surface area (Å²) < 4.78 is 10.8. The first-order valence-electron chi connectivity index (χ1n) is 6.88. The van der Waals surface area contributed by atoms with Crippen LogP contribution in [0.4, 0.5) is 0 Å². The SMILES string of the molecule is CC1NNCC1NC(=O)C(=O)c1ccc2c(c1)OCCO2. The monoisotopic (exact) mass is 291 g/mol. The molecule has 0 bridgehead atoms. The van der Waals surface area contributed by atoms with Gasteiger partial charge in [0.2, 0.25) is 5.78 Å². The molecule has 2 heterocycles. The van der Waals surface area contributed by atoms with E-state index in [1.54, 1.807) is 18.2 Å². The van der Waals surface area contributed by atoms with Crippen molar-refractivity contribution >= 4 is 11.7 Å². The Kier molecular flexibility index (Phi) is 3.76. The fourth-order valence-corrected chi connectivity index (χ4v) is 2.33. The Bertz CT molecular complexity index is 575. The van der Waals surface area contributed by atoms with Crippen LogP contribution in [0, 0.1) is 0 Å². The average Bonchev–Trinajstić information content (AvgIpc) is 2.91. The molecule has 0 radical (unpaired) electrons. The maximum absolute atomic E-state index is 12.2. The lowest BCUT2D eigenvalue weighted by molar-refractivity contribution is -0.117. The molecule has 7 heteroatoms. The number of ether oxygens (including phenoxy) is 2. The Balaban J connectivity index is 1.71. The largest absolute Gasteiger partial charge is 0.486 e. The molecule has 0 aliphatic carbocycles. The Labute approximate surface area is 122 Å². The topological polar surface area (TPSA) is 88.7 Å². The molecule has 1 saturated heterocycles. The number of Topliss-reactive ketones (excluding diaryl/α,β-unsaturated/α-hetero) is 1. The van der Waals surface area contributed by atoms with Gasteiger partial charge in [0.15, 0.2) is 11.5 Å². The highest BCUT2D eigenvalue weighted by Gasteiger charge is 2.27.